The Bertz CT molecular complexity index is 3890. The summed E-state index contributed by atoms with van der Waals surface area (Å²) in [7, 11) is 13.6. The van der Waals surface area contributed by atoms with Crippen LogP contribution in [0.15, 0.2) is 146 Å². The third kappa shape index (κ3) is 14.9. The van der Waals surface area contributed by atoms with Gasteiger partial charge in [0.05, 0.1) is 28.4 Å². The van der Waals surface area contributed by atoms with Crippen molar-refractivity contribution in [3.05, 3.63) is 279 Å². The van der Waals surface area contributed by atoms with E-state index in [0.717, 1.165) is 23.0 Å². The molecule has 0 heterocycles. The SMILES string of the molecule is COc1c(C)cc(C2C=CC=Cc3c2cc(C(C)C)[c-]3[SiH](C)[c-]2c(C(C)C)cc3c2C=CC=CC3c2cc(C)c(OC)c(C)c2)cc1C.COc1c(C)cc(C2C=CC=Cc3c2cc(C(C)C)[c-]3[SiH](C)[c-]2c(C(C)C)cc3c2C=CC=CC3c2cc(C)c(OC)c(C)c2)cc1C.[Cl][Zr][Cl]. The number of hydrogen-bond donors (Lipinski definition) is 0. The van der Waals surface area contributed by atoms with Gasteiger partial charge < -0.3 is 18.9 Å². The van der Waals surface area contributed by atoms with E-state index in [0.29, 0.717) is 23.7 Å². The Morgan fingerprint density at radius 1 is 0.313 bits per heavy atom. The van der Waals surface area contributed by atoms with Crippen molar-refractivity contribution < 1.29 is 39.8 Å². The molecule has 99 heavy (non-hydrogen) atoms. The molecule has 0 radical (unpaired) electrons. The van der Waals surface area contributed by atoms with E-state index in [1.54, 1.807) is 49.2 Å². The molecule has 0 amide bonds. The van der Waals surface area contributed by atoms with Crippen LogP contribution in [0.3, 0.4) is 0 Å². The first-order valence-corrected chi connectivity index (χ1v) is 46.6. The molecule has 4 atom stereocenters. The van der Waals surface area contributed by atoms with Gasteiger partial charge in [0, 0.05) is 17.6 Å². The van der Waals surface area contributed by atoms with Gasteiger partial charge in [0.2, 0.25) is 0 Å². The number of halogens is 2. The minimum absolute atomic E-state index is 0.196. The van der Waals surface area contributed by atoms with E-state index in [9.17, 15) is 0 Å². The van der Waals surface area contributed by atoms with Gasteiger partial charge in [-0.25, -0.2) is 0 Å². The standard InChI is InChI=1S/2C45H52O2Si.2ClH.Zr/c2*1-26(2)38-24-40-34(32-20-28(5)42(46-9)29(6)21-32)16-12-14-18-36(40)44(38)48(11)45-37-19-15-13-17-35(41(37)25-39(45)27(3)4)33-22-30(7)43(47-10)31(8)23-33;;;/h2*12-27,34-35,48H,1-11H3;2*1H;/q2*-2;;;+2/p-2. The number of fused-ring (bicyclic) bond motifs is 4. The second-order valence-electron chi connectivity index (χ2n) is 29.3. The zero-order valence-corrected chi connectivity index (χ0v) is 69.1. The third-order valence-electron chi connectivity index (χ3n) is 21.3. The number of ether oxygens (including phenoxy) is 4. The van der Waals surface area contributed by atoms with Gasteiger partial charge in [-0.3, -0.25) is 0 Å². The summed E-state index contributed by atoms with van der Waals surface area (Å²) in [5.41, 5.74) is 32.4. The van der Waals surface area contributed by atoms with E-state index in [2.05, 4.69) is 294 Å². The Morgan fingerprint density at radius 3 is 0.636 bits per heavy atom. The molecule has 4 nitrogen and oxygen atoms in total. The molecular formula is C90H104Cl2O4Si2Zr-4. The Kier molecular flexibility index (Phi) is 24.3. The molecule has 0 saturated heterocycles. The van der Waals surface area contributed by atoms with Crippen molar-refractivity contribution in [2.24, 2.45) is 0 Å². The number of hydrogen-bond acceptors (Lipinski definition) is 4. The summed E-state index contributed by atoms with van der Waals surface area (Å²) < 4.78 is 23.0. The number of benzene rings is 4. The summed E-state index contributed by atoms with van der Waals surface area (Å²) in [6, 6.07) is 28.8. The first-order valence-electron chi connectivity index (χ1n) is 35.6. The van der Waals surface area contributed by atoms with Gasteiger partial charge in [-0.05, 0) is 169 Å². The van der Waals surface area contributed by atoms with Gasteiger partial charge >= 0.3 is 37.9 Å². The van der Waals surface area contributed by atoms with E-state index in [-0.39, 0.29) is 23.7 Å². The maximum absolute atomic E-state index is 5.74. The number of methoxy groups -OCH3 is 4. The third-order valence-corrected chi connectivity index (χ3v) is 27.4. The predicted octanol–water partition coefficient (Wildman–Crippen LogP) is 21.4. The molecular weight excluding hydrogens is 1360 g/mol. The molecule has 4 aliphatic carbocycles. The van der Waals surface area contributed by atoms with Crippen LogP contribution in [0.25, 0.3) is 24.3 Å². The number of allylic oxidation sites excluding steroid dienone is 12. The second kappa shape index (κ2) is 32.1. The van der Waals surface area contributed by atoms with E-state index in [4.69, 9.17) is 36.0 Å². The molecule has 8 aromatic rings. The summed E-state index contributed by atoms with van der Waals surface area (Å²) in [6.07, 6.45) is 37.2. The van der Waals surface area contributed by atoms with E-state index in [1.807, 2.05) is 0 Å². The Hall–Kier alpha value is -6.70. The fraction of sp³-hybridized carbons (Fsp3) is 0.333. The van der Waals surface area contributed by atoms with Gasteiger partial charge in [0.25, 0.3) is 0 Å². The van der Waals surface area contributed by atoms with Crippen LogP contribution in [0.5, 0.6) is 23.0 Å². The number of aryl methyl sites for hydroxylation is 8. The molecule has 0 N–H and O–H groups in total. The summed E-state index contributed by atoms with van der Waals surface area (Å²) in [5.74, 6) is 6.48. The summed E-state index contributed by atoms with van der Waals surface area (Å²) in [5, 5.41) is 6.45. The normalized spacial score (nSPS) is 17.1. The fourth-order valence-corrected chi connectivity index (χ4v) is 24.4. The molecule has 4 aliphatic rings. The van der Waals surface area contributed by atoms with Gasteiger partial charge in [0.1, 0.15) is 23.0 Å². The quantitative estimate of drug-likeness (QED) is 0.0714. The van der Waals surface area contributed by atoms with Gasteiger partial charge in [0.15, 0.2) is 0 Å². The second-order valence-corrected chi connectivity index (χ2v) is 38.2. The zero-order chi connectivity index (χ0) is 71.6. The average molecular weight is 1470 g/mol. The van der Waals surface area contributed by atoms with Crippen molar-refractivity contribution in [3.8, 4) is 23.0 Å². The van der Waals surface area contributed by atoms with Crippen molar-refractivity contribution in [3.63, 3.8) is 0 Å². The van der Waals surface area contributed by atoms with Crippen LogP contribution in [0, 0.1) is 55.4 Å². The topological polar surface area (TPSA) is 36.9 Å². The van der Waals surface area contributed by atoms with E-state index in [1.165, 1.54) is 134 Å². The van der Waals surface area contributed by atoms with Crippen molar-refractivity contribution in [1.29, 1.82) is 0 Å². The van der Waals surface area contributed by atoms with Crippen molar-refractivity contribution in [1.82, 2.24) is 0 Å². The Labute approximate surface area is 616 Å². The average Bonchev–Trinajstić information content (AvgIpc) is 1.60. The van der Waals surface area contributed by atoms with Crippen LogP contribution in [0.1, 0.15) is 236 Å². The minimum atomic E-state index is -1.69. The van der Waals surface area contributed by atoms with Crippen LogP contribution in [-0.2, 0) is 20.8 Å². The molecule has 0 aromatic heterocycles. The van der Waals surface area contributed by atoms with Gasteiger partial charge in [-0.1, -0.05) is 166 Å². The molecule has 0 fully saturated rings. The Morgan fingerprint density at radius 2 is 0.485 bits per heavy atom. The first-order chi connectivity index (χ1) is 47.3. The molecule has 12 rings (SSSR count). The van der Waals surface area contributed by atoms with Crippen LogP contribution in [-0.4, -0.2) is 46.0 Å². The molecule has 0 saturated carbocycles. The van der Waals surface area contributed by atoms with Crippen LogP contribution in [0.2, 0.25) is 13.1 Å². The van der Waals surface area contributed by atoms with Gasteiger partial charge in [-0.15, -0.1) is 91.6 Å². The molecule has 0 bridgehead atoms. The summed E-state index contributed by atoms with van der Waals surface area (Å²) >= 11 is -0.826. The number of rotatable bonds is 16. The van der Waals surface area contributed by atoms with Crippen molar-refractivity contribution >= 4 is 79.7 Å². The molecule has 4 unspecified atom stereocenters. The van der Waals surface area contributed by atoms with Crippen LogP contribution in [0.4, 0.5) is 0 Å². The van der Waals surface area contributed by atoms with Crippen LogP contribution >= 0.6 is 17.0 Å². The molecule has 9 heteroatoms. The van der Waals surface area contributed by atoms with Crippen LogP contribution < -0.4 is 39.7 Å². The fourth-order valence-electron chi connectivity index (χ4n) is 17.3. The van der Waals surface area contributed by atoms with Crippen molar-refractivity contribution in [2.45, 2.75) is 171 Å². The van der Waals surface area contributed by atoms with Gasteiger partial charge in [-0.2, -0.15) is 68.8 Å². The zero-order valence-electron chi connectivity index (χ0n) is 62.8. The molecule has 8 aromatic carbocycles. The summed E-state index contributed by atoms with van der Waals surface area (Å²) in [4.78, 5) is 0. The Balaban J connectivity index is 0.000000206. The van der Waals surface area contributed by atoms with Crippen molar-refractivity contribution in [2.75, 3.05) is 28.4 Å². The first kappa shape index (κ1) is 75.0. The molecule has 0 aliphatic heterocycles. The van der Waals surface area contributed by atoms with E-state index < -0.39 is 38.4 Å². The predicted molar refractivity (Wildman–Crippen MR) is 431 cm³/mol. The van der Waals surface area contributed by atoms with E-state index >= 15 is 0 Å². The maximum atomic E-state index is 5.74. The summed E-state index contributed by atoms with van der Waals surface area (Å²) in [6.45, 7) is 41.5. The molecule has 518 valence electrons. The monoisotopic (exact) mass is 1460 g/mol. The molecule has 0 spiro atoms.